The molecule has 0 saturated carbocycles. The SMILES string of the molecule is Clc1ccc2sc(-c3nnc(-c4cccc(/C=C/Oc5ccccc5)c4)o3)c(Cl)c2c1. The lowest BCUT2D eigenvalue weighted by molar-refractivity contribution is 0.485. The van der Waals surface area contributed by atoms with E-state index in [0.29, 0.717) is 21.8 Å². The van der Waals surface area contributed by atoms with Crippen LogP contribution in [0.5, 0.6) is 5.75 Å². The van der Waals surface area contributed by atoms with Crippen molar-refractivity contribution < 1.29 is 9.15 Å². The summed E-state index contributed by atoms with van der Waals surface area (Å²) in [5, 5.41) is 10.5. The zero-order valence-electron chi connectivity index (χ0n) is 16.0. The minimum atomic E-state index is 0.380. The molecule has 0 aliphatic rings. The number of thiophene rings is 1. The molecule has 0 amide bonds. The summed E-state index contributed by atoms with van der Waals surface area (Å²) >= 11 is 14.1. The molecule has 0 N–H and O–H groups in total. The predicted molar refractivity (Wildman–Crippen MR) is 127 cm³/mol. The first kappa shape index (κ1) is 19.8. The average Bonchev–Trinajstić information content (AvgIpc) is 3.40. The Bertz CT molecular complexity index is 1390. The van der Waals surface area contributed by atoms with Crippen LogP contribution in [-0.2, 0) is 0 Å². The van der Waals surface area contributed by atoms with Gasteiger partial charge < -0.3 is 9.15 Å². The Morgan fingerprint density at radius 2 is 1.71 bits per heavy atom. The normalized spacial score (nSPS) is 11.4. The number of hydrogen-bond acceptors (Lipinski definition) is 5. The maximum Gasteiger partial charge on any atom is 0.259 e. The number of para-hydroxylation sites is 1. The summed E-state index contributed by atoms with van der Waals surface area (Å²) in [5.41, 5.74) is 1.75. The maximum atomic E-state index is 6.55. The van der Waals surface area contributed by atoms with E-state index in [9.17, 15) is 0 Å². The molecular weight excluding hydrogens is 451 g/mol. The minimum Gasteiger partial charge on any atom is -0.465 e. The fraction of sp³-hybridized carbons (Fsp3) is 0. The minimum absolute atomic E-state index is 0.380. The molecule has 0 aliphatic carbocycles. The van der Waals surface area contributed by atoms with Gasteiger partial charge in [0, 0.05) is 20.7 Å². The van der Waals surface area contributed by atoms with Crippen LogP contribution in [0.15, 0.2) is 83.5 Å². The third-order valence-electron chi connectivity index (χ3n) is 4.55. The van der Waals surface area contributed by atoms with Gasteiger partial charge in [-0.05, 0) is 54.1 Å². The molecule has 4 nitrogen and oxygen atoms in total. The fourth-order valence-electron chi connectivity index (χ4n) is 3.07. The molecule has 0 atom stereocenters. The van der Waals surface area contributed by atoms with E-state index in [1.165, 1.54) is 11.3 Å². The molecule has 152 valence electrons. The van der Waals surface area contributed by atoms with E-state index >= 15 is 0 Å². The topological polar surface area (TPSA) is 48.2 Å². The van der Waals surface area contributed by atoms with Crippen LogP contribution in [0.25, 0.3) is 38.4 Å². The van der Waals surface area contributed by atoms with Crippen molar-refractivity contribution in [2.24, 2.45) is 0 Å². The highest BCUT2D eigenvalue weighted by Gasteiger charge is 2.18. The van der Waals surface area contributed by atoms with Crippen molar-refractivity contribution in [3.63, 3.8) is 0 Å². The van der Waals surface area contributed by atoms with Gasteiger partial charge >= 0.3 is 0 Å². The smallest absolute Gasteiger partial charge is 0.259 e. The molecule has 0 spiro atoms. The highest BCUT2D eigenvalue weighted by Crippen LogP contribution is 2.42. The molecule has 5 rings (SSSR count). The van der Waals surface area contributed by atoms with Gasteiger partial charge in [0.1, 0.15) is 10.6 Å². The van der Waals surface area contributed by atoms with Gasteiger partial charge in [0.05, 0.1) is 11.3 Å². The van der Waals surface area contributed by atoms with E-state index in [0.717, 1.165) is 31.8 Å². The van der Waals surface area contributed by atoms with Crippen LogP contribution in [0.4, 0.5) is 0 Å². The molecule has 31 heavy (non-hydrogen) atoms. The number of aromatic nitrogens is 2. The van der Waals surface area contributed by atoms with Crippen LogP contribution in [0, 0.1) is 0 Å². The zero-order valence-corrected chi connectivity index (χ0v) is 18.3. The van der Waals surface area contributed by atoms with E-state index in [1.54, 1.807) is 6.26 Å². The first-order chi connectivity index (χ1) is 15.2. The predicted octanol–water partition coefficient (Wildman–Crippen LogP) is 7.97. The molecule has 0 radical (unpaired) electrons. The number of hydrogen-bond donors (Lipinski definition) is 0. The summed E-state index contributed by atoms with van der Waals surface area (Å²) in [4.78, 5) is 0.727. The largest absolute Gasteiger partial charge is 0.465 e. The van der Waals surface area contributed by atoms with E-state index in [4.69, 9.17) is 32.4 Å². The number of fused-ring (bicyclic) bond motifs is 1. The van der Waals surface area contributed by atoms with Gasteiger partial charge in [-0.15, -0.1) is 21.5 Å². The molecule has 2 aromatic heterocycles. The van der Waals surface area contributed by atoms with Crippen molar-refractivity contribution in [3.05, 3.63) is 94.7 Å². The second-order valence-corrected chi connectivity index (χ2v) is 8.52. The van der Waals surface area contributed by atoms with Gasteiger partial charge in [0.2, 0.25) is 5.89 Å². The molecule has 0 fully saturated rings. The molecule has 3 aromatic carbocycles. The molecular formula is C24H14Cl2N2O2S. The Hall–Kier alpha value is -3.12. The number of halogens is 2. The highest BCUT2D eigenvalue weighted by atomic mass is 35.5. The Kier molecular flexibility index (Phi) is 5.47. The Morgan fingerprint density at radius 3 is 2.58 bits per heavy atom. The Balaban J connectivity index is 1.40. The maximum absolute atomic E-state index is 6.55. The van der Waals surface area contributed by atoms with Crippen LogP contribution in [-0.4, -0.2) is 10.2 Å². The molecule has 0 aliphatic heterocycles. The van der Waals surface area contributed by atoms with E-state index in [-0.39, 0.29) is 0 Å². The summed E-state index contributed by atoms with van der Waals surface area (Å²) in [5.74, 6) is 1.57. The molecule has 7 heteroatoms. The van der Waals surface area contributed by atoms with Crippen LogP contribution in [0.3, 0.4) is 0 Å². The fourth-order valence-corrected chi connectivity index (χ4v) is 4.65. The van der Waals surface area contributed by atoms with Crippen molar-refractivity contribution in [2.75, 3.05) is 0 Å². The first-order valence-corrected chi connectivity index (χ1v) is 10.9. The molecule has 0 unspecified atom stereocenters. The summed E-state index contributed by atoms with van der Waals surface area (Å²) in [7, 11) is 0. The van der Waals surface area contributed by atoms with Gasteiger partial charge in [0.25, 0.3) is 5.89 Å². The highest BCUT2D eigenvalue weighted by molar-refractivity contribution is 7.23. The second-order valence-electron chi connectivity index (χ2n) is 6.66. The van der Waals surface area contributed by atoms with Gasteiger partial charge in [-0.2, -0.15) is 0 Å². The third-order valence-corrected chi connectivity index (χ3v) is 6.45. The number of nitrogens with zero attached hydrogens (tertiary/aromatic N) is 2. The van der Waals surface area contributed by atoms with Gasteiger partial charge in [-0.25, -0.2) is 0 Å². The third kappa shape index (κ3) is 4.21. The molecule has 0 saturated heterocycles. The summed E-state index contributed by atoms with van der Waals surface area (Å²) in [6, 6.07) is 23.0. The zero-order chi connectivity index (χ0) is 21.2. The van der Waals surface area contributed by atoms with E-state index in [1.807, 2.05) is 78.9 Å². The summed E-state index contributed by atoms with van der Waals surface area (Å²) < 4.78 is 12.6. The van der Waals surface area contributed by atoms with E-state index < -0.39 is 0 Å². The van der Waals surface area contributed by atoms with Crippen molar-refractivity contribution in [1.82, 2.24) is 10.2 Å². The number of ether oxygens (including phenoxy) is 1. The first-order valence-electron chi connectivity index (χ1n) is 9.37. The quantitative estimate of drug-likeness (QED) is 0.247. The standard InChI is InChI=1S/C24H14Cl2N2O2S/c25-17-9-10-20-19(14-17)21(26)22(31-20)24-28-27-23(30-24)16-6-4-5-15(13-16)11-12-29-18-7-2-1-3-8-18/h1-14H/b12-11+. The van der Waals surface area contributed by atoms with Gasteiger partial charge in [0.15, 0.2) is 0 Å². The van der Waals surface area contributed by atoms with Crippen molar-refractivity contribution in [3.8, 4) is 28.0 Å². The van der Waals surface area contributed by atoms with Crippen LogP contribution < -0.4 is 4.74 Å². The number of rotatable bonds is 5. The van der Waals surface area contributed by atoms with E-state index in [2.05, 4.69) is 10.2 Å². The lowest BCUT2D eigenvalue weighted by Gasteiger charge is -2.00. The lowest BCUT2D eigenvalue weighted by atomic mass is 10.1. The lowest BCUT2D eigenvalue weighted by Crippen LogP contribution is -1.82. The number of benzene rings is 3. The Labute approximate surface area is 192 Å². The summed E-state index contributed by atoms with van der Waals surface area (Å²) in [6.45, 7) is 0. The molecule has 5 aromatic rings. The Morgan fingerprint density at radius 1 is 0.871 bits per heavy atom. The summed E-state index contributed by atoms with van der Waals surface area (Å²) in [6.07, 6.45) is 3.52. The van der Waals surface area contributed by atoms with Crippen LogP contribution >= 0.6 is 34.5 Å². The monoisotopic (exact) mass is 464 g/mol. The van der Waals surface area contributed by atoms with Crippen molar-refractivity contribution in [2.45, 2.75) is 0 Å². The molecule has 2 heterocycles. The van der Waals surface area contributed by atoms with Crippen LogP contribution in [0.2, 0.25) is 10.0 Å². The van der Waals surface area contributed by atoms with Gasteiger partial charge in [-0.3, -0.25) is 0 Å². The average molecular weight is 465 g/mol. The second kappa shape index (κ2) is 8.55. The van der Waals surface area contributed by atoms with Gasteiger partial charge in [-0.1, -0.05) is 53.5 Å². The van der Waals surface area contributed by atoms with Crippen molar-refractivity contribution >= 4 is 50.7 Å². The van der Waals surface area contributed by atoms with Crippen molar-refractivity contribution in [1.29, 1.82) is 0 Å². The molecule has 0 bridgehead atoms. The van der Waals surface area contributed by atoms with Crippen LogP contribution in [0.1, 0.15) is 5.56 Å².